The fourth-order valence-corrected chi connectivity index (χ4v) is 5.38. The third-order valence-electron chi connectivity index (χ3n) is 7.63. The van der Waals surface area contributed by atoms with Gasteiger partial charge >= 0.3 is 0 Å². The second-order valence-corrected chi connectivity index (χ2v) is 10.3. The van der Waals surface area contributed by atoms with Crippen molar-refractivity contribution in [2.24, 2.45) is 0 Å². The summed E-state index contributed by atoms with van der Waals surface area (Å²) in [5.74, 6) is 0.894. The number of nitrogens with zero attached hydrogens (tertiary/aromatic N) is 5. The van der Waals surface area contributed by atoms with Gasteiger partial charge in [-0.3, -0.25) is 5.41 Å². The van der Waals surface area contributed by atoms with Crippen LogP contribution in [0.4, 0.5) is 11.4 Å². The smallest absolute Gasteiger partial charge is 0.173 e. The van der Waals surface area contributed by atoms with E-state index in [1.54, 1.807) is 12.7 Å². The molecule has 3 aromatic heterocycles. The first-order valence-electron chi connectivity index (χ1n) is 14.6. The minimum Gasteiger partial charge on any atom is -0.494 e. The summed E-state index contributed by atoms with van der Waals surface area (Å²) in [6.45, 7) is 6.18. The molecule has 0 saturated heterocycles. The van der Waals surface area contributed by atoms with Crippen molar-refractivity contribution in [3.05, 3.63) is 90.9 Å². The summed E-state index contributed by atoms with van der Waals surface area (Å²) in [5.41, 5.74) is 5.99. The van der Waals surface area contributed by atoms with Crippen molar-refractivity contribution >= 4 is 44.3 Å². The normalized spacial score (nSPS) is 11.4. The zero-order valence-corrected chi connectivity index (χ0v) is 23.9. The van der Waals surface area contributed by atoms with Crippen molar-refractivity contribution in [1.82, 2.24) is 24.5 Å². The van der Waals surface area contributed by atoms with Crippen molar-refractivity contribution in [2.75, 3.05) is 36.5 Å². The first-order valence-corrected chi connectivity index (χ1v) is 14.6. The largest absolute Gasteiger partial charge is 0.494 e. The summed E-state index contributed by atoms with van der Waals surface area (Å²) < 4.78 is 8.03. The lowest BCUT2D eigenvalue weighted by atomic mass is 10.1. The van der Waals surface area contributed by atoms with Gasteiger partial charge in [-0.25, -0.2) is 15.0 Å². The summed E-state index contributed by atoms with van der Waals surface area (Å²) >= 11 is 0. The third-order valence-corrected chi connectivity index (χ3v) is 7.63. The van der Waals surface area contributed by atoms with Gasteiger partial charge in [0.2, 0.25) is 0 Å². The van der Waals surface area contributed by atoms with E-state index in [0.29, 0.717) is 12.1 Å². The van der Waals surface area contributed by atoms with Crippen LogP contribution in [0.2, 0.25) is 0 Å². The van der Waals surface area contributed by atoms with E-state index in [2.05, 4.69) is 92.8 Å². The Bertz CT molecular complexity index is 1790. The molecule has 42 heavy (non-hydrogen) atoms. The number of pyridine rings is 1. The number of anilines is 2. The molecular formula is C33H36N8O. The molecule has 9 nitrogen and oxygen atoms in total. The monoisotopic (exact) mass is 560 g/mol. The van der Waals surface area contributed by atoms with Crippen LogP contribution in [0.25, 0.3) is 33.0 Å². The first kappa shape index (κ1) is 27.3. The first-order chi connectivity index (χ1) is 20.7. The van der Waals surface area contributed by atoms with E-state index in [-0.39, 0.29) is 5.49 Å². The highest BCUT2D eigenvalue weighted by Gasteiger charge is 2.10. The average Bonchev–Trinajstić information content (AvgIpc) is 3.53. The molecule has 3 aromatic carbocycles. The van der Waals surface area contributed by atoms with Crippen LogP contribution in [0.5, 0.6) is 5.75 Å². The number of rotatable bonds is 13. The molecule has 6 aromatic rings. The van der Waals surface area contributed by atoms with Crippen molar-refractivity contribution in [1.29, 1.82) is 5.41 Å². The van der Waals surface area contributed by atoms with Crippen molar-refractivity contribution < 1.29 is 4.74 Å². The molecule has 9 heteroatoms. The van der Waals surface area contributed by atoms with E-state index in [4.69, 9.17) is 15.1 Å². The van der Waals surface area contributed by atoms with Crippen LogP contribution >= 0.6 is 0 Å². The number of aromatic nitrogens is 5. The SMILES string of the molecule is CCN(CCn1cnc(=N)c2[nH]cnc21)c1ccc(OCCCCCNc2c3ccccc3nc3ccccc23)cc1. The zero-order chi connectivity index (χ0) is 28.7. The van der Waals surface area contributed by atoms with E-state index in [1.807, 2.05) is 16.7 Å². The molecule has 0 unspecified atom stereocenters. The number of unbranched alkanes of at least 4 members (excludes halogenated alkanes) is 2. The highest BCUT2D eigenvalue weighted by atomic mass is 16.5. The fraction of sp³-hybridized carbons (Fsp3) is 0.273. The zero-order valence-electron chi connectivity index (χ0n) is 23.9. The predicted octanol–water partition coefficient (Wildman–Crippen LogP) is 6.13. The highest BCUT2D eigenvalue weighted by Crippen LogP contribution is 2.30. The lowest BCUT2D eigenvalue weighted by Gasteiger charge is -2.24. The van der Waals surface area contributed by atoms with Crippen molar-refractivity contribution in [2.45, 2.75) is 32.7 Å². The molecule has 0 fully saturated rings. The summed E-state index contributed by atoms with van der Waals surface area (Å²) in [6, 6.07) is 25.0. The molecule has 6 rings (SSSR count). The average molecular weight is 561 g/mol. The number of imidazole rings is 1. The molecule has 0 spiro atoms. The van der Waals surface area contributed by atoms with Gasteiger partial charge in [-0.15, -0.1) is 0 Å². The lowest BCUT2D eigenvalue weighted by Crippen LogP contribution is -2.27. The molecule has 3 heterocycles. The topological polar surface area (TPSA) is 108 Å². The highest BCUT2D eigenvalue weighted by molar-refractivity contribution is 6.07. The van der Waals surface area contributed by atoms with Crippen molar-refractivity contribution in [3.63, 3.8) is 0 Å². The molecule has 214 valence electrons. The van der Waals surface area contributed by atoms with Gasteiger partial charge in [-0.1, -0.05) is 36.4 Å². The van der Waals surface area contributed by atoms with Crippen LogP contribution in [-0.2, 0) is 6.54 Å². The quantitative estimate of drug-likeness (QED) is 0.116. The summed E-state index contributed by atoms with van der Waals surface area (Å²) in [4.78, 5) is 18.7. The fourth-order valence-electron chi connectivity index (χ4n) is 5.38. The molecule has 0 saturated carbocycles. The number of hydrogen-bond donors (Lipinski definition) is 3. The number of hydrogen-bond acceptors (Lipinski definition) is 7. The van der Waals surface area contributed by atoms with E-state index >= 15 is 0 Å². The lowest BCUT2D eigenvalue weighted by molar-refractivity contribution is 0.306. The summed E-state index contributed by atoms with van der Waals surface area (Å²) in [7, 11) is 0. The Morgan fingerprint density at radius 2 is 1.64 bits per heavy atom. The Labute approximate surface area is 244 Å². The van der Waals surface area contributed by atoms with Crippen LogP contribution in [-0.4, -0.2) is 50.7 Å². The van der Waals surface area contributed by atoms with Crippen molar-refractivity contribution in [3.8, 4) is 5.75 Å². The third kappa shape index (κ3) is 5.90. The molecule has 0 aliphatic heterocycles. The van der Waals surface area contributed by atoms with Crippen LogP contribution in [0, 0.1) is 5.41 Å². The Morgan fingerprint density at radius 3 is 2.38 bits per heavy atom. The maximum absolute atomic E-state index is 7.93. The molecule has 0 atom stereocenters. The molecule has 3 N–H and O–H groups in total. The van der Waals surface area contributed by atoms with Gasteiger partial charge in [-0.05, 0) is 62.6 Å². The second kappa shape index (κ2) is 12.7. The minimum absolute atomic E-state index is 0.214. The van der Waals surface area contributed by atoms with Crippen LogP contribution in [0.15, 0.2) is 85.5 Å². The van der Waals surface area contributed by atoms with E-state index in [9.17, 15) is 0 Å². The Hall–Kier alpha value is -4.92. The molecular weight excluding hydrogens is 524 g/mol. The number of likely N-dealkylation sites (N-methyl/N-ethyl adjacent to an activating group) is 1. The Balaban J connectivity index is 0.958. The predicted molar refractivity (Wildman–Crippen MR) is 169 cm³/mol. The van der Waals surface area contributed by atoms with Gasteiger partial charge in [0.15, 0.2) is 11.1 Å². The number of ether oxygens (including phenoxy) is 1. The van der Waals surface area contributed by atoms with Gasteiger partial charge in [0, 0.05) is 42.6 Å². The van der Waals surface area contributed by atoms with Gasteiger partial charge in [0.25, 0.3) is 0 Å². The van der Waals surface area contributed by atoms with E-state index in [0.717, 1.165) is 84.3 Å². The van der Waals surface area contributed by atoms with Gasteiger partial charge < -0.3 is 24.5 Å². The summed E-state index contributed by atoms with van der Waals surface area (Å²) in [6.07, 6.45) is 6.47. The number of aromatic amines is 1. The number of benzene rings is 3. The molecule has 0 radical (unpaired) electrons. The molecule has 0 aliphatic carbocycles. The number of fused-ring (bicyclic) bond motifs is 3. The van der Waals surface area contributed by atoms with Gasteiger partial charge in [0.05, 0.1) is 36.0 Å². The Kier molecular flexibility index (Phi) is 8.26. The minimum atomic E-state index is 0.214. The number of H-pyrrole nitrogens is 1. The van der Waals surface area contributed by atoms with E-state index < -0.39 is 0 Å². The van der Waals surface area contributed by atoms with Crippen LogP contribution in [0.1, 0.15) is 26.2 Å². The Morgan fingerprint density at radius 1 is 0.905 bits per heavy atom. The van der Waals surface area contributed by atoms with E-state index in [1.165, 1.54) is 5.69 Å². The maximum Gasteiger partial charge on any atom is 0.173 e. The number of para-hydroxylation sites is 2. The number of nitrogens with one attached hydrogen (secondary N) is 3. The second-order valence-electron chi connectivity index (χ2n) is 10.3. The molecule has 0 amide bonds. The standard InChI is InChI=1S/C33H36N8O/c1-2-40(19-20-41-23-38-32(34)31-33(41)37-22-36-31)24-14-16-25(17-15-24)42-21-9-3-8-18-35-30-26-10-4-6-12-28(26)39-29-13-7-5-11-27(29)30/h4-7,10-17,22-23,34H,2-3,8-9,18-21H2,1H3,(H,35,39)(H,36,37). The van der Waals surface area contributed by atoms with Gasteiger partial charge in [0.1, 0.15) is 11.3 Å². The maximum atomic E-state index is 7.93. The van der Waals surface area contributed by atoms with Crippen LogP contribution in [0.3, 0.4) is 0 Å². The molecule has 0 bridgehead atoms. The van der Waals surface area contributed by atoms with Crippen LogP contribution < -0.4 is 20.4 Å². The molecule has 0 aliphatic rings. The van der Waals surface area contributed by atoms with Gasteiger partial charge in [-0.2, -0.15) is 0 Å². The summed E-state index contributed by atoms with van der Waals surface area (Å²) in [5, 5.41) is 14.0.